The Morgan fingerprint density at radius 3 is 2.53 bits per heavy atom. The van der Waals surface area contributed by atoms with Crippen molar-refractivity contribution in [3.63, 3.8) is 0 Å². The van der Waals surface area contributed by atoms with Crippen molar-refractivity contribution in [2.75, 3.05) is 26.3 Å². The number of nitrogens with one attached hydrogen (secondary N) is 1. The normalized spacial score (nSPS) is 14.3. The molecule has 1 fully saturated rings. The van der Waals surface area contributed by atoms with E-state index < -0.39 is 0 Å². The largest absolute Gasteiger partial charge is 0.490 e. The predicted octanol–water partition coefficient (Wildman–Crippen LogP) is 5.18. The number of hydrogen-bond acceptors (Lipinski definition) is 5. The maximum atomic E-state index is 12.7. The van der Waals surface area contributed by atoms with Crippen molar-refractivity contribution in [1.82, 2.24) is 10.3 Å². The number of hydrogen-bond donors (Lipinski definition) is 1. The highest BCUT2D eigenvalue weighted by atomic mass is 35.5. The minimum atomic E-state index is -0.217. The summed E-state index contributed by atoms with van der Waals surface area (Å²) in [5.74, 6) is 0.789. The van der Waals surface area contributed by atoms with Crippen LogP contribution in [0.3, 0.4) is 0 Å². The van der Waals surface area contributed by atoms with Crippen molar-refractivity contribution in [1.29, 1.82) is 0 Å². The van der Waals surface area contributed by atoms with Crippen molar-refractivity contribution in [3.05, 3.63) is 57.6 Å². The van der Waals surface area contributed by atoms with Crippen molar-refractivity contribution >= 4 is 41.2 Å². The Bertz CT molecular complexity index is 1040. The quantitative estimate of drug-likeness (QED) is 0.375. The van der Waals surface area contributed by atoms with Gasteiger partial charge in [-0.05, 0) is 68.1 Å². The lowest BCUT2D eigenvalue weighted by atomic mass is 9.95. The molecule has 7 nitrogen and oxygen atoms in total. The third-order valence-electron chi connectivity index (χ3n) is 5.43. The third-order valence-corrected chi connectivity index (χ3v) is 5.98. The molecule has 2 aromatic carbocycles. The maximum Gasteiger partial charge on any atom is 0.255 e. The van der Waals surface area contributed by atoms with E-state index in [1.807, 2.05) is 32.0 Å². The first-order chi connectivity index (χ1) is 16.4. The second kappa shape index (κ2) is 12.6. The van der Waals surface area contributed by atoms with Crippen LogP contribution >= 0.6 is 23.2 Å². The number of nitrogens with zero attached hydrogens (tertiary/aromatic N) is 2. The highest BCUT2D eigenvalue weighted by Gasteiger charge is 2.28. The topological polar surface area (TPSA) is 80.2 Å². The number of rotatable bonds is 9. The molecule has 1 aliphatic rings. The SMILES string of the molecule is CCCOc1ccc(/C=N\NC(=O)C2CCN(C(=O)c3ccc(Cl)cc3Cl)CC2)cc1OCC. The average molecular weight is 506 g/mol. The fourth-order valence-corrected chi connectivity index (χ4v) is 4.13. The minimum Gasteiger partial charge on any atom is -0.490 e. The van der Waals surface area contributed by atoms with E-state index in [0.29, 0.717) is 66.3 Å². The first kappa shape index (κ1) is 25.8. The lowest BCUT2D eigenvalue weighted by Crippen LogP contribution is -2.42. The van der Waals surface area contributed by atoms with Crippen LogP contribution in [-0.2, 0) is 4.79 Å². The fourth-order valence-electron chi connectivity index (χ4n) is 3.64. The van der Waals surface area contributed by atoms with Gasteiger partial charge in [-0.15, -0.1) is 0 Å². The Hall–Kier alpha value is -2.77. The van der Waals surface area contributed by atoms with Crippen LogP contribution in [0.5, 0.6) is 11.5 Å². The zero-order valence-corrected chi connectivity index (χ0v) is 20.9. The number of carbonyl (C=O) groups is 2. The molecule has 0 aromatic heterocycles. The molecule has 2 amide bonds. The summed E-state index contributed by atoms with van der Waals surface area (Å²) < 4.78 is 11.4. The van der Waals surface area contributed by atoms with Crippen molar-refractivity contribution < 1.29 is 19.1 Å². The number of ether oxygens (including phenoxy) is 2. The van der Waals surface area contributed by atoms with Gasteiger partial charge in [0.05, 0.1) is 30.0 Å². The summed E-state index contributed by atoms with van der Waals surface area (Å²) in [5, 5.41) is 4.90. The standard InChI is InChI=1S/C25H29Cl2N3O4/c1-3-13-34-22-8-5-17(14-23(22)33-4-2)16-28-29-24(31)18-9-11-30(12-10-18)25(32)20-7-6-19(26)15-21(20)27/h5-8,14-16,18H,3-4,9-13H2,1-2H3,(H,29,31)/b28-16-. The Balaban J connectivity index is 1.52. The Morgan fingerprint density at radius 1 is 1.09 bits per heavy atom. The number of piperidine rings is 1. The number of likely N-dealkylation sites (tertiary alicyclic amines) is 1. The predicted molar refractivity (Wildman–Crippen MR) is 134 cm³/mol. The van der Waals surface area contributed by atoms with Gasteiger partial charge in [0.2, 0.25) is 5.91 Å². The summed E-state index contributed by atoms with van der Waals surface area (Å²) in [6.45, 7) is 6.02. The molecule has 1 N–H and O–H groups in total. The molecule has 1 heterocycles. The van der Waals surface area contributed by atoms with E-state index >= 15 is 0 Å². The van der Waals surface area contributed by atoms with Crippen LogP contribution in [-0.4, -0.2) is 49.2 Å². The summed E-state index contributed by atoms with van der Waals surface area (Å²) in [5.41, 5.74) is 3.81. The van der Waals surface area contributed by atoms with Gasteiger partial charge in [0.25, 0.3) is 5.91 Å². The van der Waals surface area contributed by atoms with E-state index in [1.165, 1.54) is 0 Å². The van der Waals surface area contributed by atoms with Gasteiger partial charge in [0.1, 0.15) is 0 Å². The lowest BCUT2D eigenvalue weighted by Gasteiger charge is -2.31. The molecule has 0 atom stereocenters. The van der Waals surface area contributed by atoms with Crippen molar-refractivity contribution in [2.24, 2.45) is 11.0 Å². The molecule has 1 saturated heterocycles. The average Bonchev–Trinajstić information content (AvgIpc) is 2.83. The highest BCUT2D eigenvalue weighted by Crippen LogP contribution is 2.28. The summed E-state index contributed by atoms with van der Waals surface area (Å²) >= 11 is 12.1. The Labute approximate surface area is 210 Å². The Kier molecular flexibility index (Phi) is 9.60. The zero-order valence-electron chi connectivity index (χ0n) is 19.4. The van der Waals surface area contributed by atoms with E-state index in [4.69, 9.17) is 32.7 Å². The first-order valence-electron chi connectivity index (χ1n) is 11.4. The molecule has 2 aromatic rings. The summed E-state index contributed by atoms with van der Waals surface area (Å²) in [6.07, 6.45) is 3.58. The fraction of sp³-hybridized carbons (Fsp3) is 0.400. The molecule has 0 saturated carbocycles. The zero-order chi connectivity index (χ0) is 24.5. The van der Waals surface area contributed by atoms with Gasteiger partial charge in [0, 0.05) is 24.0 Å². The maximum absolute atomic E-state index is 12.7. The first-order valence-corrected chi connectivity index (χ1v) is 12.1. The van der Waals surface area contributed by atoms with E-state index in [0.717, 1.165) is 12.0 Å². The van der Waals surface area contributed by atoms with E-state index in [9.17, 15) is 9.59 Å². The summed E-state index contributed by atoms with van der Waals surface area (Å²) in [7, 11) is 0. The van der Waals surface area contributed by atoms with Gasteiger partial charge in [0.15, 0.2) is 11.5 Å². The van der Waals surface area contributed by atoms with Crippen molar-refractivity contribution in [2.45, 2.75) is 33.1 Å². The number of benzene rings is 2. The molecular formula is C25H29Cl2N3O4. The van der Waals surface area contributed by atoms with Gasteiger partial charge in [-0.2, -0.15) is 5.10 Å². The molecule has 3 rings (SSSR count). The molecule has 34 heavy (non-hydrogen) atoms. The van der Waals surface area contributed by atoms with Crippen molar-refractivity contribution in [3.8, 4) is 11.5 Å². The van der Waals surface area contributed by atoms with Crippen LogP contribution in [0.1, 0.15) is 49.0 Å². The van der Waals surface area contributed by atoms with Crippen LogP contribution in [0, 0.1) is 5.92 Å². The van der Waals surface area contributed by atoms with Crippen LogP contribution < -0.4 is 14.9 Å². The Morgan fingerprint density at radius 2 is 1.85 bits per heavy atom. The number of carbonyl (C=O) groups excluding carboxylic acids is 2. The van der Waals surface area contributed by atoms with Gasteiger partial charge in [-0.3, -0.25) is 9.59 Å². The van der Waals surface area contributed by atoms with Crippen LogP contribution in [0.4, 0.5) is 0 Å². The smallest absolute Gasteiger partial charge is 0.255 e. The lowest BCUT2D eigenvalue weighted by molar-refractivity contribution is -0.126. The van der Waals surface area contributed by atoms with Gasteiger partial charge in [-0.1, -0.05) is 30.1 Å². The molecule has 0 aliphatic carbocycles. The molecule has 0 unspecified atom stereocenters. The van der Waals surface area contributed by atoms with E-state index in [1.54, 1.807) is 29.3 Å². The van der Waals surface area contributed by atoms with E-state index in [-0.39, 0.29) is 17.7 Å². The number of amides is 2. The molecule has 0 radical (unpaired) electrons. The van der Waals surface area contributed by atoms with Gasteiger partial charge < -0.3 is 14.4 Å². The van der Waals surface area contributed by atoms with Gasteiger partial charge in [-0.25, -0.2) is 5.43 Å². The number of hydrazone groups is 1. The second-order valence-corrected chi connectivity index (χ2v) is 8.76. The molecular weight excluding hydrogens is 477 g/mol. The monoisotopic (exact) mass is 505 g/mol. The third kappa shape index (κ3) is 6.87. The van der Waals surface area contributed by atoms with E-state index in [2.05, 4.69) is 10.5 Å². The summed E-state index contributed by atoms with van der Waals surface area (Å²) in [6, 6.07) is 10.3. The molecule has 9 heteroatoms. The molecule has 0 spiro atoms. The minimum absolute atomic E-state index is 0.157. The van der Waals surface area contributed by atoms with Crippen LogP contribution in [0.2, 0.25) is 10.0 Å². The van der Waals surface area contributed by atoms with Crippen LogP contribution in [0.25, 0.3) is 0 Å². The van der Waals surface area contributed by atoms with Crippen LogP contribution in [0.15, 0.2) is 41.5 Å². The second-order valence-electron chi connectivity index (χ2n) is 7.91. The highest BCUT2D eigenvalue weighted by molar-refractivity contribution is 6.36. The summed E-state index contributed by atoms with van der Waals surface area (Å²) in [4.78, 5) is 27.0. The van der Waals surface area contributed by atoms with Gasteiger partial charge >= 0.3 is 0 Å². The molecule has 1 aliphatic heterocycles. The molecule has 0 bridgehead atoms. The number of halogens is 2. The molecule has 182 valence electrons.